The molecule has 10 heteroatoms. The Morgan fingerprint density at radius 3 is 1.57 bits per heavy atom. The van der Waals surface area contributed by atoms with E-state index in [1.807, 2.05) is 0 Å². The lowest BCUT2D eigenvalue weighted by atomic mass is 10.9. The molecule has 0 amide bonds. The van der Waals surface area contributed by atoms with Gasteiger partial charge in [0, 0.05) is 21.1 Å². The quantitative estimate of drug-likeness (QED) is 0.600. The molecule has 0 aliphatic heterocycles. The maximum atomic E-state index is 5.73. The maximum Gasteiger partial charge on any atom is 0.188 e. The summed E-state index contributed by atoms with van der Waals surface area (Å²) in [6, 6.07) is 0. The smallest absolute Gasteiger partial charge is 0.167 e. The third-order valence-electron chi connectivity index (χ3n) is 1.05. The summed E-state index contributed by atoms with van der Waals surface area (Å²) >= 11 is 11.5. The van der Waals surface area contributed by atoms with Gasteiger partial charge in [-0.15, -0.1) is 10.2 Å². The SMILES string of the molecule is Clc1nss/c1=N/N=c1/ssnc1Cl. The Bertz CT molecular complexity index is 497. The highest BCUT2D eigenvalue weighted by Crippen LogP contribution is 2.06. The van der Waals surface area contributed by atoms with E-state index in [4.69, 9.17) is 23.2 Å². The zero-order chi connectivity index (χ0) is 9.97. The first-order valence-electron chi connectivity index (χ1n) is 3.08. The summed E-state index contributed by atoms with van der Waals surface area (Å²) in [4.78, 5) is 0. The van der Waals surface area contributed by atoms with E-state index in [2.05, 4.69) is 18.9 Å². The molecule has 2 rings (SSSR count). The van der Waals surface area contributed by atoms with Crippen molar-refractivity contribution in [1.82, 2.24) is 8.75 Å². The molecule has 0 atom stereocenters. The number of hydrogen-bond donors (Lipinski definition) is 0. The van der Waals surface area contributed by atoms with Gasteiger partial charge in [-0.25, -0.2) is 0 Å². The van der Waals surface area contributed by atoms with Crippen LogP contribution in [0.15, 0.2) is 10.2 Å². The minimum absolute atomic E-state index is 0.369. The van der Waals surface area contributed by atoms with Crippen molar-refractivity contribution in [3.63, 3.8) is 0 Å². The summed E-state index contributed by atoms with van der Waals surface area (Å²) in [7, 11) is 5.26. The van der Waals surface area contributed by atoms with E-state index in [0.717, 1.165) is 0 Å². The molecular weight excluding hydrogens is 303 g/mol. The van der Waals surface area contributed by atoms with Crippen molar-refractivity contribution < 1.29 is 0 Å². The topological polar surface area (TPSA) is 50.5 Å². The number of rotatable bonds is 1. The van der Waals surface area contributed by atoms with Gasteiger partial charge in [-0.2, -0.15) is 8.75 Å². The lowest BCUT2D eigenvalue weighted by Crippen LogP contribution is -1.97. The molecule has 2 aromatic rings. The average molecular weight is 303 g/mol. The second-order valence-electron chi connectivity index (χ2n) is 1.89. The van der Waals surface area contributed by atoms with E-state index in [1.165, 1.54) is 41.8 Å². The summed E-state index contributed by atoms with van der Waals surface area (Å²) in [5.41, 5.74) is 0. The molecule has 2 heterocycles. The van der Waals surface area contributed by atoms with Gasteiger partial charge in [0.1, 0.15) is 0 Å². The molecule has 0 aliphatic carbocycles. The van der Waals surface area contributed by atoms with Gasteiger partial charge >= 0.3 is 0 Å². The van der Waals surface area contributed by atoms with Crippen molar-refractivity contribution in [2.24, 2.45) is 10.2 Å². The predicted molar refractivity (Wildman–Crippen MR) is 61.1 cm³/mol. The van der Waals surface area contributed by atoms with Gasteiger partial charge in [-0.05, 0) is 20.7 Å². The molecule has 14 heavy (non-hydrogen) atoms. The Balaban J connectivity index is 2.48. The van der Waals surface area contributed by atoms with E-state index in [9.17, 15) is 0 Å². The standard InChI is InChI=1S/C4Cl2N4S4/c5-1-3(11-13-9-1)7-8-4-2(6)10-14-12-4/b7-3+,8-4+. The van der Waals surface area contributed by atoms with Crippen LogP contribution in [0, 0.1) is 0 Å². The molecule has 0 bridgehead atoms. The Morgan fingerprint density at radius 1 is 0.857 bits per heavy atom. The minimum Gasteiger partial charge on any atom is -0.167 e. The highest BCUT2D eigenvalue weighted by Gasteiger charge is 1.97. The average Bonchev–Trinajstić information content (AvgIpc) is 2.72. The van der Waals surface area contributed by atoms with Crippen LogP contribution in [0.1, 0.15) is 0 Å². The Hall–Kier alpha value is 0.140. The van der Waals surface area contributed by atoms with Crippen molar-refractivity contribution in [2.45, 2.75) is 0 Å². The zero-order valence-corrected chi connectivity index (χ0v) is 11.0. The van der Waals surface area contributed by atoms with Crippen molar-refractivity contribution in [3.05, 3.63) is 19.6 Å². The van der Waals surface area contributed by atoms with Crippen LogP contribution in [-0.2, 0) is 0 Å². The largest absolute Gasteiger partial charge is 0.188 e. The monoisotopic (exact) mass is 302 g/mol. The van der Waals surface area contributed by atoms with Crippen LogP contribution in [-0.4, -0.2) is 8.75 Å². The van der Waals surface area contributed by atoms with E-state index < -0.39 is 0 Å². The second-order valence-corrected chi connectivity index (χ2v) is 6.27. The Morgan fingerprint density at radius 2 is 1.29 bits per heavy atom. The van der Waals surface area contributed by atoms with Gasteiger partial charge in [0.05, 0.1) is 0 Å². The first-order chi connectivity index (χ1) is 6.77. The predicted octanol–water partition coefficient (Wildman–Crippen LogP) is 2.45. The van der Waals surface area contributed by atoms with Crippen LogP contribution in [0.2, 0.25) is 10.3 Å². The van der Waals surface area contributed by atoms with Crippen LogP contribution in [0.25, 0.3) is 0 Å². The maximum absolute atomic E-state index is 5.73. The summed E-state index contributed by atoms with van der Waals surface area (Å²) in [6.45, 7) is 0. The molecule has 0 N–H and O–H groups in total. The third kappa shape index (κ3) is 2.38. The van der Waals surface area contributed by atoms with E-state index in [1.54, 1.807) is 0 Å². The first kappa shape index (κ1) is 10.7. The molecule has 0 saturated carbocycles. The number of nitrogens with zero attached hydrogens (tertiary/aromatic N) is 4. The summed E-state index contributed by atoms with van der Waals surface area (Å²) in [6.07, 6.45) is 0. The molecule has 0 saturated heterocycles. The summed E-state index contributed by atoms with van der Waals surface area (Å²) in [5, 5.41) is 8.58. The Kier molecular flexibility index (Phi) is 3.63. The molecule has 0 fully saturated rings. The van der Waals surface area contributed by atoms with Gasteiger partial charge in [0.2, 0.25) is 0 Å². The Labute approximate surface area is 103 Å². The van der Waals surface area contributed by atoms with Crippen molar-refractivity contribution in [1.29, 1.82) is 0 Å². The molecule has 0 unspecified atom stereocenters. The number of hydrogen-bond acceptors (Lipinski definition) is 8. The lowest BCUT2D eigenvalue weighted by Gasteiger charge is -1.75. The van der Waals surface area contributed by atoms with Crippen molar-refractivity contribution in [3.8, 4) is 0 Å². The van der Waals surface area contributed by atoms with Gasteiger partial charge < -0.3 is 0 Å². The molecular formula is C4Cl2N4S4. The van der Waals surface area contributed by atoms with Crippen LogP contribution in [0.3, 0.4) is 0 Å². The van der Waals surface area contributed by atoms with Crippen LogP contribution in [0.5, 0.6) is 0 Å². The molecule has 0 spiro atoms. The fraction of sp³-hybridized carbons (Fsp3) is 0. The molecule has 2 aromatic heterocycles. The third-order valence-corrected chi connectivity index (χ3v) is 5.37. The fourth-order valence-electron chi connectivity index (χ4n) is 0.527. The number of aromatic nitrogens is 2. The molecule has 0 aliphatic rings. The van der Waals surface area contributed by atoms with Crippen LogP contribution >= 0.6 is 65.0 Å². The molecule has 74 valence electrons. The number of halogens is 2. The second kappa shape index (κ2) is 4.77. The van der Waals surface area contributed by atoms with Gasteiger partial charge in [-0.3, -0.25) is 0 Å². The summed E-state index contributed by atoms with van der Waals surface area (Å²) in [5.74, 6) is 0. The van der Waals surface area contributed by atoms with Gasteiger partial charge in [-0.1, -0.05) is 23.2 Å². The van der Waals surface area contributed by atoms with E-state index in [0.29, 0.717) is 19.6 Å². The van der Waals surface area contributed by atoms with E-state index in [-0.39, 0.29) is 0 Å². The normalized spacial score (nSPS) is 13.9. The van der Waals surface area contributed by atoms with E-state index >= 15 is 0 Å². The first-order valence-corrected chi connectivity index (χ1v) is 8.05. The van der Waals surface area contributed by atoms with Gasteiger partial charge in [0.25, 0.3) is 0 Å². The molecule has 4 nitrogen and oxygen atoms in total. The van der Waals surface area contributed by atoms with Crippen LogP contribution in [0.4, 0.5) is 0 Å². The molecule has 0 aromatic carbocycles. The van der Waals surface area contributed by atoms with Gasteiger partial charge in [0.15, 0.2) is 19.6 Å². The van der Waals surface area contributed by atoms with Crippen molar-refractivity contribution in [2.75, 3.05) is 0 Å². The minimum atomic E-state index is 0.369. The zero-order valence-electron chi connectivity index (χ0n) is 6.18. The van der Waals surface area contributed by atoms with Crippen molar-refractivity contribution >= 4 is 65.0 Å². The highest BCUT2D eigenvalue weighted by atomic mass is 35.5. The lowest BCUT2D eigenvalue weighted by molar-refractivity contribution is 1.10. The fourth-order valence-corrected chi connectivity index (χ4v) is 4.34. The summed E-state index contributed by atoms with van der Waals surface area (Å²) < 4.78 is 8.91. The molecule has 0 radical (unpaired) electrons. The highest BCUT2D eigenvalue weighted by molar-refractivity contribution is 7.66. The van der Waals surface area contributed by atoms with Crippen LogP contribution < -0.4 is 9.34 Å².